The Bertz CT molecular complexity index is 3200. The standard InChI is InChI=1S/C52H35N3Se/c1-4-17-37(18-5-1)53(42-31-33-44-43-25-10-12-27-47(43)55(49(44)35-42)39-21-8-3-9-22-39)40-23-15-24-41(34-40)54(38-19-6-2-7-20-38)48-28-14-16-36-30-32-46-45-26-11-13-29-50(45)56-52(46)51(36)48/h1-35H. The van der Waals surface area contributed by atoms with Crippen molar-refractivity contribution in [3.63, 3.8) is 0 Å². The third-order valence-electron chi connectivity index (χ3n) is 10.9. The number of benzene rings is 9. The minimum absolute atomic E-state index is 0.205. The van der Waals surface area contributed by atoms with Gasteiger partial charge < -0.3 is 0 Å². The Balaban J connectivity index is 1.13. The van der Waals surface area contributed by atoms with Gasteiger partial charge in [0.1, 0.15) is 0 Å². The number of nitrogens with zero attached hydrogens (tertiary/aromatic N) is 3. The molecule has 0 aliphatic rings. The fourth-order valence-corrected chi connectivity index (χ4v) is 11.1. The zero-order chi connectivity index (χ0) is 37.0. The number of para-hydroxylation sites is 4. The summed E-state index contributed by atoms with van der Waals surface area (Å²) >= 11 is 0.205. The van der Waals surface area contributed by atoms with E-state index in [0.29, 0.717) is 0 Å². The van der Waals surface area contributed by atoms with Gasteiger partial charge >= 0.3 is 262 Å². The molecule has 3 nitrogen and oxygen atoms in total. The third-order valence-corrected chi connectivity index (χ3v) is 13.4. The maximum atomic E-state index is 2.45. The first-order chi connectivity index (χ1) is 27.8. The Morgan fingerprint density at radius 2 is 0.929 bits per heavy atom. The summed E-state index contributed by atoms with van der Waals surface area (Å²) < 4.78 is 5.30. The molecule has 0 spiro atoms. The molecule has 0 aliphatic heterocycles. The molecule has 0 bridgehead atoms. The van der Waals surface area contributed by atoms with Crippen LogP contribution < -0.4 is 9.80 Å². The molecule has 56 heavy (non-hydrogen) atoms. The molecule has 11 aromatic rings. The van der Waals surface area contributed by atoms with Crippen molar-refractivity contribution in [2.24, 2.45) is 0 Å². The Labute approximate surface area is 331 Å². The first-order valence-corrected chi connectivity index (χ1v) is 20.7. The summed E-state index contributed by atoms with van der Waals surface area (Å²) in [6.07, 6.45) is 0. The molecule has 0 N–H and O–H groups in total. The van der Waals surface area contributed by atoms with E-state index >= 15 is 0 Å². The predicted molar refractivity (Wildman–Crippen MR) is 240 cm³/mol. The normalized spacial score (nSPS) is 11.6. The summed E-state index contributed by atoms with van der Waals surface area (Å²) in [6, 6.07) is 77.2. The van der Waals surface area contributed by atoms with Gasteiger partial charge in [-0.1, -0.05) is 36.4 Å². The molecule has 11 rings (SSSR count). The van der Waals surface area contributed by atoms with Crippen LogP contribution >= 0.6 is 0 Å². The van der Waals surface area contributed by atoms with E-state index in [4.69, 9.17) is 0 Å². The van der Waals surface area contributed by atoms with Crippen LogP contribution in [0.15, 0.2) is 212 Å². The van der Waals surface area contributed by atoms with Crippen molar-refractivity contribution in [1.29, 1.82) is 0 Å². The second-order valence-corrected chi connectivity index (χ2v) is 16.4. The fraction of sp³-hybridized carbons (Fsp3) is 0. The molecule has 0 aliphatic carbocycles. The van der Waals surface area contributed by atoms with Crippen molar-refractivity contribution in [3.8, 4) is 5.69 Å². The van der Waals surface area contributed by atoms with Crippen LogP contribution in [0.2, 0.25) is 0 Å². The fourth-order valence-electron chi connectivity index (χ4n) is 8.47. The van der Waals surface area contributed by atoms with Crippen LogP contribution in [0.25, 0.3) is 57.6 Å². The van der Waals surface area contributed by atoms with Crippen molar-refractivity contribution < 1.29 is 0 Å². The number of hydrogen-bond acceptors (Lipinski definition) is 2. The Morgan fingerprint density at radius 3 is 1.71 bits per heavy atom. The molecule has 4 heteroatoms. The minimum atomic E-state index is 0.205. The van der Waals surface area contributed by atoms with E-state index in [9.17, 15) is 0 Å². The van der Waals surface area contributed by atoms with Crippen molar-refractivity contribution >= 4 is 100 Å². The monoisotopic (exact) mass is 781 g/mol. The van der Waals surface area contributed by atoms with Crippen LogP contribution in [0.3, 0.4) is 0 Å². The third kappa shape index (κ3) is 5.34. The quantitative estimate of drug-likeness (QED) is 0.149. The van der Waals surface area contributed by atoms with Crippen LogP contribution in [-0.4, -0.2) is 19.1 Å². The second-order valence-electron chi connectivity index (χ2n) is 14.2. The molecule has 0 atom stereocenters. The van der Waals surface area contributed by atoms with Gasteiger partial charge in [-0.3, -0.25) is 0 Å². The van der Waals surface area contributed by atoms with Gasteiger partial charge in [-0.25, -0.2) is 0 Å². The number of anilines is 6. The van der Waals surface area contributed by atoms with Crippen LogP contribution in [0.4, 0.5) is 34.1 Å². The molecule has 0 saturated carbocycles. The van der Waals surface area contributed by atoms with Crippen molar-refractivity contribution in [1.82, 2.24) is 4.57 Å². The van der Waals surface area contributed by atoms with Crippen molar-refractivity contribution in [2.45, 2.75) is 0 Å². The van der Waals surface area contributed by atoms with E-state index < -0.39 is 0 Å². The van der Waals surface area contributed by atoms with Crippen molar-refractivity contribution in [3.05, 3.63) is 212 Å². The average Bonchev–Trinajstić information content (AvgIpc) is 3.81. The molecule has 264 valence electrons. The topological polar surface area (TPSA) is 11.4 Å². The van der Waals surface area contributed by atoms with E-state index in [0.717, 1.165) is 34.1 Å². The van der Waals surface area contributed by atoms with E-state index in [-0.39, 0.29) is 14.5 Å². The Hall–Kier alpha value is -6.84. The molecule has 0 saturated heterocycles. The van der Waals surface area contributed by atoms with Gasteiger partial charge in [0.05, 0.1) is 5.52 Å². The molecule has 0 fully saturated rings. The zero-order valence-corrected chi connectivity index (χ0v) is 32.2. The van der Waals surface area contributed by atoms with E-state index in [1.807, 2.05) is 0 Å². The van der Waals surface area contributed by atoms with Gasteiger partial charge in [0, 0.05) is 11.1 Å². The van der Waals surface area contributed by atoms with E-state index in [1.165, 1.54) is 57.6 Å². The molecular weight excluding hydrogens is 746 g/mol. The number of aromatic nitrogens is 1. The molecule has 2 heterocycles. The molecule has 0 radical (unpaired) electrons. The SMILES string of the molecule is c1ccc(N(c2cccc(N(c3ccccc3)c3cccc4ccc5c6ccccc6[se]c5c34)c2)c2ccc3c4ccccc4n(-c4ccccc4)c3c2)cc1. The van der Waals surface area contributed by atoms with Gasteiger partial charge in [-0.15, -0.1) is 0 Å². The number of rotatable bonds is 7. The summed E-state index contributed by atoms with van der Waals surface area (Å²) in [5.41, 5.74) is 10.2. The van der Waals surface area contributed by atoms with E-state index in [1.54, 1.807) is 0 Å². The van der Waals surface area contributed by atoms with Gasteiger partial charge in [-0.05, 0) is 18.2 Å². The number of fused-ring (bicyclic) bond motifs is 8. The first-order valence-electron chi connectivity index (χ1n) is 19.0. The molecular formula is C52H35N3Se. The summed E-state index contributed by atoms with van der Waals surface area (Å²) in [5, 5.41) is 7.80. The average molecular weight is 781 g/mol. The van der Waals surface area contributed by atoms with Crippen LogP contribution in [0, 0.1) is 0 Å². The number of hydrogen-bond donors (Lipinski definition) is 0. The first kappa shape index (κ1) is 32.6. The van der Waals surface area contributed by atoms with Gasteiger partial charge in [0.2, 0.25) is 0 Å². The van der Waals surface area contributed by atoms with Crippen LogP contribution in [0.1, 0.15) is 0 Å². The molecule has 0 unspecified atom stereocenters. The van der Waals surface area contributed by atoms with Gasteiger partial charge in [0.15, 0.2) is 0 Å². The Morgan fingerprint density at radius 1 is 0.357 bits per heavy atom. The second kappa shape index (κ2) is 13.5. The van der Waals surface area contributed by atoms with E-state index in [2.05, 4.69) is 227 Å². The summed E-state index contributed by atoms with van der Waals surface area (Å²) in [7, 11) is 0. The summed E-state index contributed by atoms with van der Waals surface area (Å²) in [5.74, 6) is 0. The van der Waals surface area contributed by atoms with Gasteiger partial charge in [0.25, 0.3) is 0 Å². The Kier molecular flexibility index (Phi) is 7.84. The van der Waals surface area contributed by atoms with Crippen molar-refractivity contribution in [2.75, 3.05) is 9.80 Å². The molecule has 9 aromatic carbocycles. The maximum absolute atomic E-state index is 2.45. The predicted octanol–water partition coefficient (Wildman–Crippen LogP) is 14.2. The molecule has 2 aromatic heterocycles. The molecule has 0 amide bonds. The van der Waals surface area contributed by atoms with Crippen LogP contribution in [-0.2, 0) is 0 Å². The zero-order valence-electron chi connectivity index (χ0n) is 30.5. The van der Waals surface area contributed by atoms with Gasteiger partial charge in [-0.2, -0.15) is 0 Å². The summed E-state index contributed by atoms with van der Waals surface area (Å²) in [4.78, 5) is 4.84. The van der Waals surface area contributed by atoms with Crippen LogP contribution in [0.5, 0.6) is 0 Å². The summed E-state index contributed by atoms with van der Waals surface area (Å²) in [6.45, 7) is 0.